The SMILES string of the molecule is CCCCC(CC)C[N+](=O)[O-]. The first-order chi connectivity index (χ1) is 5.20. The van der Waals surface area contributed by atoms with Crippen LogP contribution in [0.1, 0.15) is 39.5 Å². The number of unbranched alkanes of at least 4 members (excludes halogenated alkanes) is 1. The van der Waals surface area contributed by atoms with Gasteiger partial charge in [-0.1, -0.05) is 26.7 Å². The molecule has 0 saturated carbocycles. The summed E-state index contributed by atoms with van der Waals surface area (Å²) >= 11 is 0. The monoisotopic (exact) mass is 159 g/mol. The predicted molar refractivity (Wildman–Crippen MR) is 45.2 cm³/mol. The molecule has 0 aliphatic carbocycles. The zero-order chi connectivity index (χ0) is 8.69. The van der Waals surface area contributed by atoms with Crippen LogP contribution in [0, 0.1) is 16.0 Å². The van der Waals surface area contributed by atoms with Crippen LogP contribution in [0.5, 0.6) is 0 Å². The lowest BCUT2D eigenvalue weighted by molar-refractivity contribution is -0.488. The topological polar surface area (TPSA) is 43.1 Å². The van der Waals surface area contributed by atoms with Crippen LogP contribution in [0.4, 0.5) is 0 Å². The van der Waals surface area contributed by atoms with Crippen LogP contribution in [-0.2, 0) is 0 Å². The molecular formula is C8H17NO2. The molecule has 66 valence electrons. The first kappa shape index (κ1) is 10.4. The van der Waals surface area contributed by atoms with Gasteiger partial charge in [0.15, 0.2) is 0 Å². The van der Waals surface area contributed by atoms with Gasteiger partial charge in [-0.3, -0.25) is 10.1 Å². The number of hydrogen-bond donors (Lipinski definition) is 0. The molecule has 0 bridgehead atoms. The molecule has 0 rings (SSSR count). The molecule has 0 spiro atoms. The maximum Gasteiger partial charge on any atom is 0.206 e. The van der Waals surface area contributed by atoms with Gasteiger partial charge in [0.2, 0.25) is 6.54 Å². The number of nitrogens with zero attached hydrogens (tertiary/aromatic N) is 1. The highest BCUT2D eigenvalue weighted by molar-refractivity contribution is 4.54. The van der Waals surface area contributed by atoms with Crippen molar-refractivity contribution in [1.29, 1.82) is 0 Å². The average Bonchev–Trinajstić information content (AvgIpc) is 1.97. The van der Waals surface area contributed by atoms with Crippen LogP contribution in [0.25, 0.3) is 0 Å². The number of nitro groups is 1. The van der Waals surface area contributed by atoms with E-state index in [1.165, 1.54) is 0 Å². The third-order valence-corrected chi connectivity index (χ3v) is 1.95. The molecule has 0 N–H and O–H groups in total. The minimum atomic E-state index is -0.205. The lowest BCUT2D eigenvalue weighted by Crippen LogP contribution is -2.13. The second-order valence-electron chi connectivity index (χ2n) is 2.93. The van der Waals surface area contributed by atoms with E-state index in [1.807, 2.05) is 6.92 Å². The summed E-state index contributed by atoms with van der Waals surface area (Å²) in [5, 5.41) is 10.1. The lowest BCUT2D eigenvalue weighted by atomic mass is 10.00. The summed E-state index contributed by atoms with van der Waals surface area (Å²) in [6.07, 6.45) is 4.19. The Morgan fingerprint density at radius 2 is 2.09 bits per heavy atom. The molecule has 0 radical (unpaired) electrons. The smallest absolute Gasteiger partial charge is 0.206 e. The van der Waals surface area contributed by atoms with Crippen molar-refractivity contribution >= 4 is 0 Å². The molecule has 11 heavy (non-hydrogen) atoms. The van der Waals surface area contributed by atoms with E-state index >= 15 is 0 Å². The first-order valence-electron chi connectivity index (χ1n) is 4.32. The van der Waals surface area contributed by atoms with Gasteiger partial charge in [0.1, 0.15) is 0 Å². The van der Waals surface area contributed by atoms with Gasteiger partial charge in [-0.2, -0.15) is 0 Å². The van der Waals surface area contributed by atoms with E-state index in [4.69, 9.17) is 0 Å². The van der Waals surface area contributed by atoms with Gasteiger partial charge in [0.05, 0.1) is 0 Å². The summed E-state index contributed by atoms with van der Waals surface area (Å²) in [5.74, 6) is 0.296. The summed E-state index contributed by atoms with van der Waals surface area (Å²) in [5.41, 5.74) is 0. The highest BCUT2D eigenvalue weighted by atomic mass is 16.6. The van der Waals surface area contributed by atoms with Crippen LogP contribution in [0.15, 0.2) is 0 Å². The highest BCUT2D eigenvalue weighted by Gasteiger charge is 2.11. The lowest BCUT2D eigenvalue weighted by Gasteiger charge is -2.07. The minimum absolute atomic E-state index is 0.149. The van der Waals surface area contributed by atoms with Crippen molar-refractivity contribution in [2.45, 2.75) is 39.5 Å². The molecule has 3 heteroatoms. The molecule has 0 aliphatic heterocycles. The van der Waals surface area contributed by atoms with E-state index < -0.39 is 0 Å². The third-order valence-electron chi connectivity index (χ3n) is 1.95. The molecule has 0 fully saturated rings. The standard InChI is InChI=1S/C8H17NO2/c1-3-5-6-8(4-2)7-9(10)11/h8H,3-7H2,1-2H3. The molecule has 0 heterocycles. The zero-order valence-electron chi connectivity index (χ0n) is 7.38. The quantitative estimate of drug-likeness (QED) is 0.441. The van der Waals surface area contributed by atoms with E-state index in [0.717, 1.165) is 25.7 Å². The number of rotatable bonds is 6. The normalized spacial score (nSPS) is 12.9. The van der Waals surface area contributed by atoms with Crippen molar-refractivity contribution in [2.75, 3.05) is 6.54 Å². The van der Waals surface area contributed by atoms with E-state index in [2.05, 4.69) is 6.92 Å². The van der Waals surface area contributed by atoms with E-state index in [-0.39, 0.29) is 11.5 Å². The van der Waals surface area contributed by atoms with Crippen LogP contribution < -0.4 is 0 Å². The van der Waals surface area contributed by atoms with Gasteiger partial charge in [0.25, 0.3) is 0 Å². The van der Waals surface area contributed by atoms with Gasteiger partial charge < -0.3 is 0 Å². The summed E-state index contributed by atoms with van der Waals surface area (Å²) < 4.78 is 0. The molecule has 0 aromatic heterocycles. The maximum atomic E-state index is 10.1. The summed E-state index contributed by atoms with van der Waals surface area (Å²) in [6.45, 7) is 4.28. The van der Waals surface area contributed by atoms with Gasteiger partial charge in [-0.25, -0.2) is 0 Å². The Balaban J connectivity index is 3.49. The molecule has 1 unspecified atom stereocenters. The molecule has 3 nitrogen and oxygen atoms in total. The molecule has 0 saturated heterocycles. The molecule has 1 atom stereocenters. The largest absolute Gasteiger partial charge is 0.265 e. The summed E-state index contributed by atoms with van der Waals surface area (Å²) in [4.78, 5) is 9.93. The fraction of sp³-hybridized carbons (Fsp3) is 1.00. The van der Waals surface area contributed by atoms with E-state index in [0.29, 0.717) is 5.92 Å². The van der Waals surface area contributed by atoms with Crippen LogP contribution in [0.2, 0.25) is 0 Å². The molecule has 0 amide bonds. The van der Waals surface area contributed by atoms with Crippen LogP contribution >= 0.6 is 0 Å². The van der Waals surface area contributed by atoms with Gasteiger partial charge in [0, 0.05) is 10.8 Å². The van der Waals surface area contributed by atoms with Gasteiger partial charge in [-0.15, -0.1) is 0 Å². The minimum Gasteiger partial charge on any atom is -0.265 e. The van der Waals surface area contributed by atoms with Crippen LogP contribution in [0.3, 0.4) is 0 Å². The fourth-order valence-electron chi connectivity index (χ4n) is 1.13. The van der Waals surface area contributed by atoms with Crippen molar-refractivity contribution in [3.05, 3.63) is 10.1 Å². The Kier molecular flexibility index (Phi) is 5.80. The average molecular weight is 159 g/mol. The second-order valence-corrected chi connectivity index (χ2v) is 2.93. The Bertz CT molecular complexity index is 115. The van der Waals surface area contributed by atoms with Crippen molar-refractivity contribution in [2.24, 2.45) is 5.92 Å². The fourth-order valence-corrected chi connectivity index (χ4v) is 1.13. The van der Waals surface area contributed by atoms with Gasteiger partial charge >= 0.3 is 0 Å². The van der Waals surface area contributed by atoms with E-state index in [9.17, 15) is 10.1 Å². The maximum absolute atomic E-state index is 10.1. The second kappa shape index (κ2) is 6.13. The van der Waals surface area contributed by atoms with E-state index in [1.54, 1.807) is 0 Å². The van der Waals surface area contributed by atoms with Crippen molar-refractivity contribution in [3.63, 3.8) is 0 Å². The summed E-state index contributed by atoms with van der Waals surface area (Å²) in [7, 11) is 0. The number of hydrogen-bond acceptors (Lipinski definition) is 2. The van der Waals surface area contributed by atoms with Crippen LogP contribution in [-0.4, -0.2) is 11.5 Å². The molecule has 0 aromatic rings. The Morgan fingerprint density at radius 3 is 2.45 bits per heavy atom. The molecule has 0 aliphatic rings. The zero-order valence-corrected chi connectivity index (χ0v) is 7.38. The highest BCUT2D eigenvalue weighted by Crippen LogP contribution is 2.11. The van der Waals surface area contributed by atoms with Gasteiger partial charge in [-0.05, 0) is 12.8 Å². The van der Waals surface area contributed by atoms with Crippen molar-refractivity contribution < 1.29 is 4.92 Å². The Labute approximate surface area is 67.9 Å². The third kappa shape index (κ3) is 5.83. The Morgan fingerprint density at radius 1 is 1.45 bits per heavy atom. The molecular weight excluding hydrogens is 142 g/mol. The first-order valence-corrected chi connectivity index (χ1v) is 4.32. The van der Waals surface area contributed by atoms with Crippen molar-refractivity contribution in [3.8, 4) is 0 Å². The molecule has 0 aromatic carbocycles. The predicted octanol–water partition coefficient (Wildman–Crippen LogP) is 2.48. The summed E-state index contributed by atoms with van der Waals surface area (Å²) in [6, 6.07) is 0. The Hall–Kier alpha value is -0.600. The van der Waals surface area contributed by atoms with Crippen molar-refractivity contribution in [1.82, 2.24) is 0 Å².